The number of aromatic nitrogens is 1. The molecule has 0 saturated carbocycles. The molecule has 0 saturated heterocycles. The summed E-state index contributed by atoms with van der Waals surface area (Å²) >= 11 is 5.90. The van der Waals surface area contributed by atoms with E-state index in [4.69, 9.17) is 27.8 Å². The third-order valence-electron chi connectivity index (χ3n) is 2.62. The molecule has 4 nitrogen and oxygen atoms in total. The van der Waals surface area contributed by atoms with Crippen molar-refractivity contribution in [2.45, 2.75) is 13.2 Å². The lowest BCUT2D eigenvalue weighted by molar-refractivity contribution is 0.299. The van der Waals surface area contributed by atoms with E-state index in [9.17, 15) is 4.39 Å². The van der Waals surface area contributed by atoms with E-state index in [0.717, 1.165) is 0 Å². The lowest BCUT2D eigenvalue weighted by atomic mass is 10.2. The van der Waals surface area contributed by atoms with Crippen LogP contribution in [0.15, 0.2) is 30.5 Å². The van der Waals surface area contributed by atoms with Gasteiger partial charge in [0.15, 0.2) is 0 Å². The molecule has 2 rings (SSSR count). The molecule has 0 radical (unpaired) electrons. The Morgan fingerprint density at radius 1 is 1.37 bits per heavy atom. The molecule has 0 bridgehead atoms. The molecule has 19 heavy (non-hydrogen) atoms. The summed E-state index contributed by atoms with van der Waals surface area (Å²) in [5, 5.41) is 0.319. The van der Waals surface area contributed by atoms with Gasteiger partial charge in [-0.15, -0.1) is 0 Å². The van der Waals surface area contributed by atoms with Crippen molar-refractivity contribution in [1.29, 1.82) is 0 Å². The Kier molecular flexibility index (Phi) is 4.19. The van der Waals surface area contributed by atoms with Gasteiger partial charge >= 0.3 is 0 Å². The largest absolute Gasteiger partial charge is 0.487 e. The molecule has 2 aromatic rings. The van der Waals surface area contributed by atoms with Gasteiger partial charge in [-0.3, -0.25) is 4.98 Å². The fraction of sp³-hybridized carbons (Fsp3) is 0.154. The van der Waals surface area contributed by atoms with Crippen LogP contribution in [0, 0.1) is 5.82 Å². The average Bonchev–Trinajstić information content (AvgIpc) is 2.38. The predicted molar refractivity (Wildman–Crippen MR) is 72.3 cm³/mol. The van der Waals surface area contributed by atoms with Crippen molar-refractivity contribution in [3.05, 3.63) is 52.6 Å². The fourth-order valence-corrected chi connectivity index (χ4v) is 1.78. The number of hydrogen-bond acceptors (Lipinski definition) is 4. The van der Waals surface area contributed by atoms with Crippen LogP contribution in [0.2, 0.25) is 5.02 Å². The van der Waals surface area contributed by atoms with Crippen molar-refractivity contribution in [3.8, 4) is 5.75 Å². The van der Waals surface area contributed by atoms with Gasteiger partial charge in [-0.2, -0.15) is 0 Å². The summed E-state index contributed by atoms with van der Waals surface area (Å²) in [6, 6.07) is 6.07. The highest BCUT2D eigenvalue weighted by atomic mass is 35.5. The summed E-state index contributed by atoms with van der Waals surface area (Å²) in [5.74, 6) is 0.0287. The zero-order valence-electron chi connectivity index (χ0n) is 10.1. The standard InChI is InChI=1S/C13H13ClFN3O/c14-10-2-1-3-11(15)9(10)7-19-8-4-12(17)13(5-16)18-6-8/h1-4,6H,5,7,16-17H2. The summed E-state index contributed by atoms with van der Waals surface area (Å²) < 4.78 is 19.0. The topological polar surface area (TPSA) is 74.2 Å². The molecule has 0 spiro atoms. The van der Waals surface area contributed by atoms with Crippen molar-refractivity contribution in [1.82, 2.24) is 4.98 Å². The Morgan fingerprint density at radius 2 is 2.16 bits per heavy atom. The highest BCUT2D eigenvalue weighted by molar-refractivity contribution is 6.31. The van der Waals surface area contributed by atoms with Gasteiger partial charge in [0, 0.05) is 18.2 Å². The minimum Gasteiger partial charge on any atom is -0.487 e. The van der Waals surface area contributed by atoms with Crippen molar-refractivity contribution < 1.29 is 9.13 Å². The number of nitrogen functional groups attached to an aromatic ring is 1. The van der Waals surface area contributed by atoms with Gasteiger partial charge < -0.3 is 16.2 Å². The molecule has 4 N–H and O–H groups in total. The number of nitrogens with zero attached hydrogens (tertiary/aromatic N) is 1. The molecule has 1 aromatic carbocycles. The smallest absolute Gasteiger partial charge is 0.140 e. The number of ether oxygens (including phenoxy) is 1. The maximum atomic E-state index is 13.5. The first kappa shape index (κ1) is 13.6. The Labute approximate surface area is 115 Å². The van der Waals surface area contributed by atoms with Gasteiger partial charge in [0.05, 0.1) is 22.6 Å². The molecule has 1 aromatic heterocycles. The zero-order valence-corrected chi connectivity index (χ0v) is 10.8. The normalized spacial score (nSPS) is 10.5. The molecule has 0 aliphatic rings. The van der Waals surface area contributed by atoms with Crippen LogP contribution in [0.3, 0.4) is 0 Å². The maximum absolute atomic E-state index is 13.5. The summed E-state index contributed by atoms with van der Waals surface area (Å²) in [6.45, 7) is 0.264. The van der Waals surface area contributed by atoms with Gasteiger partial charge in [0.1, 0.15) is 18.2 Å². The fourth-order valence-electron chi connectivity index (χ4n) is 1.57. The molecule has 0 fully saturated rings. The van der Waals surface area contributed by atoms with Crippen molar-refractivity contribution >= 4 is 17.3 Å². The number of benzene rings is 1. The monoisotopic (exact) mass is 281 g/mol. The van der Waals surface area contributed by atoms with Gasteiger partial charge in [0.2, 0.25) is 0 Å². The molecule has 0 amide bonds. The Morgan fingerprint density at radius 3 is 2.79 bits per heavy atom. The second-order valence-electron chi connectivity index (χ2n) is 3.90. The van der Waals surface area contributed by atoms with Crippen LogP contribution in [-0.4, -0.2) is 4.98 Å². The third-order valence-corrected chi connectivity index (χ3v) is 2.97. The molecule has 0 aliphatic heterocycles. The second-order valence-corrected chi connectivity index (χ2v) is 4.31. The van der Waals surface area contributed by atoms with Crippen molar-refractivity contribution in [2.24, 2.45) is 5.73 Å². The van der Waals surface area contributed by atoms with E-state index in [1.807, 2.05) is 0 Å². The summed E-state index contributed by atoms with van der Waals surface area (Å²) in [6.07, 6.45) is 1.49. The molecule has 1 heterocycles. The SMILES string of the molecule is NCc1ncc(OCc2c(F)cccc2Cl)cc1N. The van der Waals surface area contributed by atoms with E-state index < -0.39 is 5.82 Å². The molecular weight excluding hydrogens is 269 g/mol. The Balaban J connectivity index is 2.13. The van der Waals surface area contributed by atoms with E-state index in [1.165, 1.54) is 18.3 Å². The molecule has 6 heteroatoms. The zero-order chi connectivity index (χ0) is 13.8. The number of nitrogens with two attached hydrogens (primary N) is 2. The lowest BCUT2D eigenvalue weighted by Gasteiger charge is -2.10. The Hall–Kier alpha value is -1.85. The molecule has 0 unspecified atom stereocenters. The number of anilines is 1. The highest BCUT2D eigenvalue weighted by Crippen LogP contribution is 2.22. The number of rotatable bonds is 4. The molecule has 0 aliphatic carbocycles. The third kappa shape index (κ3) is 3.13. The Bertz CT molecular complexity index is 572. The second kappa shape index (κ2) is 5.86. The summed E-state index contributed by atoms with van der Waals surface area (Å²) in [4.78, 5) is 4.05. The van der Waals surface area contributed by atoms with Crippen molar-refractivity contribution in [2.75, 3.05) is 5.73 Å². The van der Waals surface area contributed by atoms with Crippen LogP contribution >= 0.6 is 11.6 Å². The van der Waals surface area contributed by atoms with Crippen LogP contribution in [0.25, 0.3) is 0 Å². The first-order chi connectivity index (χ1) is 9.11. The molecular formula is C13H13ClFN3O. The number of hydrogen-bond donors (Lipinski definition) is 2. The van der Waals surface area contributed by atoms with E-state index in [0.29, 0.717) is 27.7 Å². The first-order valence-corrected chi connectivity index (χ1v) is 5.99. The van der Waals surface area contributed by atoms with E-state index in [-0.39, 0.29) is 13.2 Å². The van der Waals surface area contributed by atoms with Crippen LogP contribution < -0.4 is 16.2 Å². The molecule has 100 valence electrons. The summed E-state index contributed by atoms with van der Waals surface area (Å²) in [5.41, 5.74) is 12.5. The van der Waals surface area contributed by atoms with Crippen LogP contribution in [0.5, 0.6) is 5.75 Å². The summed E-state index contributed by atoms with van der Waals surface area (Å²) in [7, 11) is 0. The number of pyridine rings is 1. The van der Waals surface area contributed by atoms with Gasteiger partial charge in [-0.25, -0.2) is 4.39 Å². The highest BCUT2D eigenvalue weighted by Gasteiger charge is 2.08. The van der Waals surface area contributed by atoms with E-state index in [2.05, 4.69) is 4.98 Å². The van der Waals surface area contributed by atoms with Crippen LogP contribution in [-0.2, 0) is 13.2 Å². The minimum atomic E-state index is -0.410. The maximum Gasteiger partial charge on any atom is 0.140 e. The predicted octanol–water partition coefficient (Wildman–Crippen LogP) is 2.49. The van der Waals surface area contributed by atoms with E-state index in [1.54, 1.807) is 12.1 Å². The molecule has 0 atom stereocenters. The van der Waals surface area contributed by atoms with Crippen molar-refractivity contribution in [3.63, 3.8) is 0 Å². The van der Waals surface area contributed by atoms with Crippen LogP contribution in [0.4, 0.5) is 10.1 Å². The van der Waals surface area contributed by atoms with Gasteiger partial charge in [-0.05, 0) is 12.1 Å². The quantitative estimate of drug-likeness (QED) is 0.903. The average molecular weight is 282 g/mol. The minimum absolute atomic E-state index is 0.00853. The number of halogens is 2. The van der Waals surface area contributed by atoms with Gasteiger partial charge in [-0.1, -0.05) is 17.7 Å². The van der Waals surface area contributed by atoms with Gasteiger partial charge in [0.25, 0.3) is 0 Å². The van der Waals surface area contributed by atoms with E-state index >= 15 is 0 Å². The van der Waals surface area contributed by atoms with Crippen LogP contribution in [0.1, 0.15) is 11.3 Å². The first-order valence-electron chi connectivity index (χ1n) is 5.62. The lowest BCUT2D eigenvalue weighted by Crippen LogP contribution is -2.05.